The molecule has 1 N–H and O–H groups in total. The van der Waals surface area contributed by atoms with E-state index in [0.29, 0.717) is 13.0 Å². The number of rotatable bonds is 3. The summed E-state index contributed by atoms with van der Waals surface area (Å²) in [5.74, 6) is -1.54. The van der Waals surface area contributed by atoms with Crippen molar-refractivity contribution >= 4 is 17.6 Å². The molecule has 4 heteroatoms. The second-order valence-corrected chi connectivity index (χ2v) is 4.35. The van der Waals surface area contributed by atoms with E-state index in [4.69, 9.17) is 21.4 Å². The Kier molecular flexibility index (Phi) is 2.37. The van der Waals surface area contributed by atoms with Gasteiger partial charge in [0.25, 0.3) is 0 Å². The number of carbonyl (C=O) groups is 1. The number of allylic oxidation sites excluding steroid dienone is 3. The molecule has 76 valence electrons. The molecule has 2 rings (SSSR count). The average molecular weight is 215 g/mol. The van der Waals surface area contributed by atoms with Gasteiger partial charge in [-0.3, -0.25) is 4.79 Å². The number of halogens is 1. The highest BCUT2D eigenvalue weighted by molar-refractivity contribution is 6.27. The lowest BCUT2D eigenvalue weighted by atomic mass is 9.84. The van der Waals surface area contributed by atoms with Gasteiger partial charge in [0.05, 0.1) is 23.5 Å². The number of hydrogen-bond donors (Lipinski definition) is 1. The van der Waals surface area contributed by atoms with Gasteiger partial charge in [-0.15, -0.1) is 11.6 Å². The van der Waals surface area contributed by atoms with Crippen LogP contribution in [-0.4, -0.2) is 28.7 Å². The van der Waals surface area contributed by atoms with Crippen LogP contribution in [-0.2, 0) is 9.53 Å². The Morgan fingerprint density at radius 3 is 2.93 bits per heavy atom. The second kappa shape index (κ2) is 3.41. The molecule has 0 aromatic heterocycles. The summed E-state index contributed by atoms with van der Waals surface area (Å²) < 4.78 is 5.07. The zero-order valence-corrected chi connectivity index (χ0v) is 8.28. The standard InChI is InChI=1S/C10H11ClO3/c11-10(5-7-6-14-7)4-2-1-3-8(10)9(12)13/h1-4,7-8H,5-6H2,(H,12,13). The van der Waals surface area contributed by atoms with Crippen molar-refractivity contribution in [3.8, 4) is 0 Å². The SMILES string of the molecule is O=C(O)C1C=CC=CC1(Cl)CC1CO1. The van der Waals surface area contributed by atoms with E-state index in [0.717, 1.165) is 0 Å². The molecule has 0 amide bonds. The van der Waals surface area contributed by atoms with Crippen molar-refractivity contribution in [2.45, 2.75) is 17.4 Å². The molecule has 1 saturated heterocycles. The van der Waals surface area contributed by atoms with Crippen molar-refractivity contribution in [3.05, 3.63) is 24.3 Å². The van der Waals surface area contributed by atoms with Gasteiger partial charge < -0.3 is 9.84 Å². The van der Waals surface area contributed by atoms with E-state index in [9.17, 15) is 4.79 Å². The maximum absolute atomic E-state index is 11.0. The number of hydrogen-bond acceptors (Lipinski definition) is 2. The molecule has 3 unspecified atom stereocenters. The van der Waals surface area contributed by atoms with Crippen LogP contribution in [0.3, 0.4) is 0 Å². The summed E-state index contributed by atoms with van der Waals surface area (Å²) in [6, 6.07) is 0. The maximum atomic E-state index is 11.0. The molecule has 14 heavy (non-hydrogen) atoms. The number of epoxide rings is 1. The fraction of sp³-hybridized carbons (Fsp3) is 0.500. The first-order chi connectivity index (χ1) is 6.62. The van der Waals surface area contributed by atoms with Crippen molar-refractivity contribution in [3.63, 3.8) is 0 Å². The monoisotopic (exact) mass is 214 g/mol. The first-order valence-corrected chi connectivity index (χ1v) is 4.89. The van der Waals surface area contributed by atoms with Crippen molar-refractivity contribution in [2.75, 3.05) is 6.61 Å². The Morgan fingerprint density at radius 2 is 2.36 bits per heavy atom. The van der Waals surface area contributed by atoms with Gasteiger partial charge in [0.1, 0.15) is 0 Å². The van der Waals surface area contributed by atoms with E-state index in [1.54, 1.807) is 24.3 Å². The summed E-state index contributed by atoms with van der Waals surface area (Å²) in [6.45, 7) is 0.693. The van der Waals surface area contributed by atoms with Crippen LogP contribution in [0.2, 0.25) is 0 Å². The van der Waals surface area contributed by atoms with Crippen molar-refractivity contribution in [1.29, 1.82) is 0 Å². The molecule has 0 spiro atoms. The minimum Gasteiger partial charge on any atom is -0.481 e. The lowest BCUT2D eigenvalue weighted by molar-refractivity contribution is -0.140. The molecule has 1 aliphatic heterocycles. The van der Waals surface area contributed by atoms with Gasteiger partial charge in [-0.2, -0.15) is 0 Å². The van der Waals surface area contributed by atoms with Gasteiger partial charge in [0.15, 0.2) is 0 Å². The van der Waals surface area contributed by atoms with Crippen molar-refractivity contribution in [2.24, 2.45) is 5.92 Å². The summed E-state index contributed by atoms with van der Waals surface area (Å²) in [5, 5.41) is 9.00. The molecule has 0 aromatic carbocycles. The molecule has 1 aliphatic carbocycles. The van der Waals surface area contributed by atoms with E-state index < -0.39 is 16.8 Å². The molecule has 2 aliphatic rings. The fourth-order valence-electron chi connectivity index (χ4n) is 1.67. The van der Waals surface area contributed by atoms with E-state index >= 15 is 0 Å². The Morgan fingerprint density at radius 1 is 1.64 bits per heavy atom. The van der Waals surface area contributed by atoms with Crippen LogP contribution < -0.4 is 0 Å². The van der Waals surface area contributed by atoms with E-state index in [-0.39, 0.29) is 6.10 Å². The van der Waals surface area contributed by atoms with Crippen LogP contribution in [0.15, 0.2) is 24.3 Å². The Bertz CT molecular complexity index is 306. The van der Waals surface area contributed by atoms with Crippen LogP contribution in [0.4, 0.5) is 0 Å². The van der Waals surface area contributed by atoms with Crippen LogP contribution in [0.1, 0.15) is 6.42 Å². The van der Waals surface area contributed by atoms with Gasteiger partial charge in [-0.05, 0) is 6.42 Å². The summed E-state index contributed by atoms with van der Waals surface area (Å²) in [7, 11) is 0. The molecular formula is C10H11ClO3. The third kappa shape index (κ3) is 1.83. The molecule has 3 nitrogen and oxygen atoms in total. The quantitative estimate of drug-likeness (QED) is 0.573. The van der Waals surface area contributed by atoms with Crippen molar-refractivity contribution in [1.82, 2.24) is 0 Å². The van der Waals surface area contributed by atoms with Gasteiger partial charge in [0.2, 0.25) is 0 Å². The third-order valence-electron chi connectivity index (χ3n) is 2.51. The molecule has 0 bridgehead atoms. The lowest BCUT2D eigenvalue weighted by Crippen LogP contribution is -2.37. The highest BCUT2D eigenvalue weighted by Crippen LogP contribution is 2.38. The minimum absolute atomic E-state index is 0.130. The molecule has 1 heterocycles. The first-order valence-electron chi connectivity index (χ1n) is 4.51. The summed E-state index contributed by atoms with van der Waals surface area (Å²) >= 11 is 6.27. The number of carboxylic acid groups (broad SMARTS) is 1. The summed E-state index contributed by atoms with van der Waals surface area (Å²) in [5.41, 5.74) is 0. The smallest absolute Gasteiger partial charge is 0.312 e. The normalized spacial score (nSPS) is 39.8. The van der Waals surface area contributed by atoms with Crippen LogP contribution >= 0.6 is 11.6 Å². The Balaban J connectivity index is 2.16. The van der Waals surface area contributed by atoms with Crippen LogP contribution in [0, 0.1) is 5.92 Å². The van der Waals surface area contributed by atoms with E-state index in [1.807, 2.05) is 0 Å². The highest BCUT2D eigenvalue weighted by atomic mass is 35.5. The largest absolute Gasteiger partial charge is 0.481 e. The van der Waals surface area contributed by atoms with Gasteiger partial charge in [-0.1, -0.05) is 24.3 Å². The highest BCUT2D eigenvalue weighted by Gasteiger charge is 2.43. The fourth-order valence-corrected chi connectivity index (χ4v) is 2.08. The summed E-state index contributed by atoms with van der Waals surface area (Å²) in [4.78, 5) is 10.1. The number of ether oxygens (including phenoxy) is 1. The third-order valence-corrected chi connectivity index (χ3v) is 3.03. The summed E-state index contributed by atoms with van der Waals surface area (Å²) in [6.07, 6.45) is 7.56. The zero-order valence-electron chi connectivity index (χ0n) is 7.52. The molecule has 1 fully saturated rings. The van der Waals surface area contributed by atoms with Gasteiger partial charge in [0, 0.05) is 0 Å². The Hall–Kier alpha value is -0.800. The van der Waals surface area contributed by atoms with Crippen LogP contribution in [0.25, 0.3) is 0 Å². The minimum atomic E-state index is -0.888. The zero-order chi connectivity index (χ0) is 10.2. The van der Waals surface area contributed by atoms with E-state index in [2.05, 4.69) is 0 Å². The predicted octanol–water partition coefficient (Wildman–Crippen LogP) is 1.58. The lowest BCUT2D eigenvalue weighted by Gasteiger charge is -2.29. The molecule has 3 atom stereocenters. The molecule has 0 aromatic rings. The molecular weight excluding hydrogens is 204 g/mol. The second-order valence-electron chi connectivity index (χ2n) is 3.65. The van der Waals surface area contributed by atoms with Gasteiger partial charge >= 0.3 is 5.97 Å². The maximum Gasteiger partial charge on any atom is 0.312 e. The Labute approximate surface area is 87.0 Å². The first kappa shape index (κ1) is 9.74. The van der Waals surface area contributed by atoms with E-state index in [1.165, 1.54) is 0 Å². The predicted molar refractivity (Wildman–Crippen MR) is 52.3 cm³/mol. The van der Waals surface area contributed by atoms with Crippen molar-refractivity contribution < 1.29 is 14.6 Å². The number of aliphatic carboxylic acids is 1. The molecule has 0 radical (unpaired) electrons. The topological polar surface area (TPSA) is 49.8 Å². The molecule has 0 saturated carbocycles. The average Bonchev–Trinajstić information content (AvgIpc) is 2.87. The van der Waals surface area contributed by atoms with Gasteiger partial charge in [-0.25, -0.2) is 0 Å². The number of alkyl halides is 1. The number of carboxylic acids is 1. The van der Waals surface area contributed by atoms with Crippen LogP contribution in [0.5, 0.6) is 0 Å².